The normalized spacial score (nSPS) is 11.7. The summed E-state index contributed by atoms with van der Waals surface area (Å²) in [5.41, 5.74) is 1.74. The van der Waals surface area contributed by atoms with Gasteiger partial charge in [-0.2, -0.15) is 0 Å². The fraction of sp³-hybridized carbons (Fsp3) is 0.350. The van der Waals surface area contributed by atoms with E-state index in [1.54, 1.807) is 31.4 Å². The van der Waals surface area contributed by atoms with E-state index >= 15 is 0 Å². The van der Waals surface area contributed by atoms with E-state index in [-0.39, 0.29) is 18.6 Å². The summed E-state index contributed by atoms with van der Waals surface area (Å²) >= 11 is 0. The van der Waals surface area contributed by atoms with Crippen LogP contribution in [-0.4, -0.2) is 26.2 Å². The third-order valence-corrected chi connectivity index (χ3v) is 3.96. The number of carbonyl (C=O) groups is 1. The second kappa shape index (κ2) is 10.4. The molecular weight excluding hydrogens is 354 g/mol. The van der Waals surface area contributed by atoms with Crippen LogP contribution in [0, 0.1) is 0 Å². The van der Waals surface area contributed by atoms with Crippen LogP contribution in [0.4, 0.5) is 13.6 Å². The molecule has 146 valence electrons. The van der Waals surface area contributed by atoms with Crippen molar-refractivity contribution in [3.63, 3.8) is 0 Å². The number of rotatable bonds is 9. The van der Waals surface area contributed by atoms with Gasteiger partial charge < -0.3 is 20.1 Å². The Balaban J connectivity index is 1.88. The molecule has 2 amide bonds. The quantitative estimate of drug-likeness (QED) is 0.684. The molecule has 5 nitrogen and oxygen atoms in total. The van der Waals surface area contributed by atoms with E-state index in [1.807, 2.05) is 31.2 Å². The van der Waals surface area contributed by atoms with Gasteiger partial charge in [0.05, 0.1) is 13.2 Å². The van der Waals surface area contributed by atoms with Crippen LogP contribution in [0.3, 0.4) is 0 Å². The monoisotopic (exact) mass is 378 g/mol. The van der Waals surface area contributed by atoms with Crippen molar-refractivity contribution >= 4 is 6.03 Å². The standard InChI is InChI=1S/C20H24F2N2O3/c1-3-18(15-7-9-16(26-2)10-8-15)24-20(25)23-12-14-5-4-6-17(11-14)27-13-19(21)22/h4-11,18-19H,3,12-13H2,1-2H3,(H2,23,24,25). The van der Waals surface area contributed by atoms with Gasteiger partial charge in [0, 0.05) is 6.54 Å². The Morgan fingerprint density at radius 3 is 2.48 bits per heavy atom. The van der Waals surface area contributed by atoms with Crippen LogP contribution in [0.1, 0.15) is 30.5 Å². The highest BCUT2D eigenvalue weighted by molar-refractivity contribution is 5.74. The second-order valence-corrected chi connectivity index (χ2v) is 5.91. The average molecular weight is 378 g/mol. The summed E-state index contributed by atoms with van der Waals surface area (Å²) in [6.07, 6.45) is -1.79. The Hall–Kier alpha value is -2.83. The molecule has 0 heterocycles. The van der Waals surface area contributed by atoms with E-state index in [0.717, 1.165) is 23.3 Å². The first-order valence-electron chi connectivity index (χ1n) is 8.70. The predicted molar refractivity (Wildman–Crippen MR) is 99.3 cm³/mol. The number of amides is 2. The van der Waals surface area contributed by atoms with Gasteiger partial charge in [-0.15, -0.1) is 0 Å². The third kappa shape index (κ3) is 6.77. The zero-order valence-corrected chi connectivity index (χ0v) is 15.4. The number of nitrogens with one attached hydrogen (secondary N) is 2. The summed E-state index contributed by atoms with van der Waals surface area (Å²) < 4.78 is 34.6. The van der Waals surface area contributed by atoms with E-state index in [1.165, 1.54) is 0 Å². The molecule has 0 aliphatic carbocycles. The Labute approximate surface area is 157 Å². The van der Waals surface area contributed by atoms with Gasteiger partial charge in [0.2, 0.25) is 0 Å². The number of urea groups is 1. The SMILES string of the molecule is CCC(NC(=O)NCc1cccc(OCC(F)F)c1)c1ccc(OC)cc1. The van der Waals surface area contributed by atoms with Crippen molar-refractivity contribution in [1.29, 1.82) is 0 Å². The summed E-state index contributed by atoms with van der Waals surface area (Å²) in [5, 5.41) is 5.69. The third-order valence-electron chi connectivity index (χ3n) is 3.96. The van der Waals surface area contributed by atoms with Gasteiger partial charge in [-0.3, -0.25) is 0 Å². The Morgan fingerprint density at radius 2 is 1.85 bits per heavy atom. The molecule has 2 aromatic carbocycles. The molecule has 2 aromatic rings. The first kappa shape index (κ1) is 20.5. The van der Waals surface area contributed by atoms with E-state index in [0.29, 0.717) is 5.75 Å². The van der Waals surface area contributed by atoms with E-state index in [2.05, 4.69) is 10.6 Å². The molecule has 0 aliphatic heterocycles. The summed E-state index contributed by atoms with van der Waals surface area (Å²) in [4.78, 5) is 12.2. The topological polar surface area (TPSA) is 59.6 Å². The van der Waals surface area contributed by atoms with Gasteiger partial charge in [0.1, 0.15) is 18.1 Å². The van der Waals surface area contributed by atoms with E-state index in [9.17, 15) is 13.6 Å². The molecule has 0 aromatic heterocycles. The van der Waals surface area contributed by atoms with Crippen molar-refractivity contribution in [2.24, 2.45) is 0 Å². The van der Waals surface area contributed by atoms with Crippen molar-refractivity contribution in [2.45, 2.75) is 32.4 Å². The molecule has 27 heavy (non-hydrogen) atoms. The lowest BCUT2D eigenvalue weighted by Crippen LogP contribution is -2.37. The molecule has 0 saturated carbocycles. The van der Waals surface area contributed by atoms with Crippen molar-refractivity contribution in [1.82, 2.24) is 10.6 Å². The number of benzene rings is 2. The lowest BCUT2D eigenvalue weighted by atomic mass is 10.0. The minimum atomic E-state index is -2.53. The van der Waals surface area contributed by atoms with Crippen LogP contribution < -0.4 is 20.1 Å². The maximum atomic E-state index is 12.2. The number of hydrogen-bond donors (Lipinski definition) is 2. The average Bonchev–Trinajstić information content (AvgIpc) is 2.69. The first-order chi connectivity index (χ1) is 13.0. The van der Waals surface area contributed by atoms with Crippen LogP contribution in [0.25, 0.3) is 0 Å². The highest BCUT2D eigenvalue weighted by Gasteiger charge is 2.13. The second-order valence-electron chi connectivity index (χ2n) is 5.91. The first-order valence-corrected chi connectivity index (χ1v) is 8.70. The predicted octanol–water partition coefficient (Wildman–Crippen LogP) is 4.29. The van der Waals surface area contributed by atoms with Crippen LogP contribution in [0.5, 0.6) is 11.5 Å². The molecule has 0 radical (unpaired) electrons. The lowest BCUT2D eigenvalue weighted by molar-refractivity contribution is 0.0818. The number of carbonyl (C=O) groups excluding carboxylic acids is 1. The number of halogens is 2. The van der Waals surface area contributed by atoms with Gasteiger partial charge in [0.15, 0.2) is 0 Å². The van der Waals surface area contributed by atoms with Gasteiger partial charge >= 0.3 is 6.03 Å². The largest absolute Gasteiger partial charge is 0.497 e. The number of hydrogen-bond acceptors (Lipinski definition) is 3. The minimum absolute atomic E-state index is 0.128. The summed E-state index contributed by atoms with van der Waals surface area (Å²) in [6.45, 7) is 1.59. The van der Waals surface area contributed by atoms with Crippen LogP contribution >= 0.6 is 0 Å². The fourth-order valence-corrected chi connectivity index (χ4v) is 2.55. The number of alkyl halides is 2. The van der Waals surface area contributed by atoms with Crippen molar-refractivity contribution in [3.8, 4) is 11.5 Å². The molecule has 7 heteroatoms. The van der Waals surface area contributed by atoms with E-state index in [4.69, 9.17) is 9.47 Å². The van der Waals surface area contributed by atoms with Gasteiger partial charge in [0.25, 0.3) is 6.43 Å². The molecule has 0 aliphatic rings. The molecule has 0 spiro atoms. The number of ether oxygens (including phenoxy) is 2. The molecule has 1 unspecified atom stereocenters. The molecule has 0 saturated heterocycles. The van der Waals surface area contributed by atoms with Crippen LogP contribution in [0.2, 0.25) is 0 Å². The molecule has 1 atom stereocenters. The molecule has 0 bridgehead atoms. The Kier molecular flexibility index (Phi) is 7.85. The molecule has 0 fully saturated rings. The zero-order valence-electron chi connectivity index (χ0n) is 15.4. The summed E-state index contributed by atoms with van der Waals surface area (Å²) in [5.74, 6) is 1.10. The summed E-state index contributed by atoms with van der Waals surface area (Å²) in [6, 6.07) is 13.8. The minimum Gasteiger partial charge on any atom is -0.497 e. The van der Waals surface area contributed by atoms with Crippen molar-refractivity contribution in [3.05, 3.63) is 59.7 Å². The fourth-order valence-electron chi connectivity index (χ4n) is 2.55. The van der Waals surface area contributed by atoms with Crippen LogP contribution in [-0.2, 0) is 6.54 Å². The van der Waals surface area contributed by atoms with E-state index < -0.39 is 13.0 Å². The molecule has 2 N–H and O–H groups in total. The van der Waals surface area contributed by atoms with Crippen molar-refractivity contribution < 1.29 is 23.0 Å². The maximum absolute atomic E-state index is 12.2. The van der Waals surface area contributed by atoms with Crippen molar-refractivity contribution in [2.75, 3.05) is 13.7 Å². The Bertz CT molecular complexity index is 723. The van der Waals surface area contributed by atoms with Gasteiger partial charge in [-0.05, 0) is 41.8 Å². The van der Waals surface area contributed by atoms with Gasteiger partial charge in [-0.25, -0.2) is 13.6 Å². The number of methoxy groups -OCH3 is 1. The zero-order chi connectivity index (χ0) is 19.6. The lowest BCUT2D eigenvalue weighted by Gasteiger charge is -2.18. The van der Waals surface area contributed by atoms with Crippen LogP contribution in [0.15, 0.2) is 48.5 Å². The smallest absolute Gasteiger partial charge is 0.315 e. The molecule has 2 rings (SSSR count). The highest BCUT2D eigenvalue weighted by Crippen LogP contribution is 2.20. The highest BCUT2D eigenvalue weighted by atomic mass is 19.3. The Morgan fingerprint density at radius 1 is 1.11 bits per heavy atom. The summed E-state index contributed by atoms with van der Waals surface area (Å²) in [7, 11) is 1.60. The van der Waals surface area contributed by atoms with Gasteiger partial charge in [-0.1, -0.05) is 31.2 Å². The molecular formula is C20H24F2N2O3. The maximum Gasteiger partial charge on any atom is 0.315 e.